The predicted octanol–water partition coefficient (Wildman–Crippen LogP) is 3.40. The Morgan fingerprint density at radius 3 is 2.50 bits per heavy atom. The van der Waals surface area contributed by atoms with Crippen LogP contribution in [0, 0.1) is 20.8 Å². The van der Waals surface area contributed by atoms with Crippen molar-refractivity contribution in [2.75, 3.05) is 0 Å². The van der Waals surface area contributed by atoms with Crippen molar-refractivity contribution in [3.05, 3.63) is 57.9 Å². The lowest BCUT2D eigenvalue weighted by molar-refractivity contribution is 0.0954. The minimum Gasteiger partial charge on any atom is -0.347 e. The van der Waals surface area contributed by atoms with Gasteiger partial charge in [0.15, 0.2) is 0 Å². The van der Waals surface area contributed by atoms with Crippen molar-refractivity contribution in [3.63, 3.8) is 0 Å². The van der Waals surface area contributed by atoms with Gasteiger partial charge in [-0.1, -0.05) is 30.3 Å². The molecule has 0 unspecified atom stereocenters. The minimum absolute atomic E-state index is 0.0881. The fraction of sp³-hybridized carbons (Fsp3) is 0.278. The smallest absolute Gasteiger partial charge is 0.263 e. The summed E-state index contributed by atoms with van der Waals surface area (Å²) in [5, 5.41) is 8.24. The maximum atomic E-state index is 12.5. The largest absolute Gasteiger partial charge is 0.347 e. The molecule has 0 aliphatic rings. The Morgan fingerprint density at radius 2 is 1.88 bits per heavy atom. The molecule has 0 saturated carbocycles. The van der Waals surface area contributed by atoms with Crippen LogP contribution in [0.5, 0.6) is 0 Å². The first kappa shape index (κ1) is 16.4. The number of rotatable bonds is 4. The third kappa shape index (κ3) is 3.10. The molecule has 5 nitrogen and oxygen atoms in total. The van der Waals surface area contributed by atoms with E-state index in [0.717, 1.165) is 33.2 Å². The molecule has 2 aromatic heterocycles. The number of aromatic nitrogens is 3. The number of hydrogen-bond acceptors (Lipinski definition) is 4. The van der Waals surface area contributed by atoms with E-state index >= 15 is 0 Å². The SMILES string of the molecule is Cc1nc(-c2ccccc2)sc1C(=O)NCc1c(C)nn(C)c1C. The van der Waals surface area contributed by atoms with Crippen molar-refractivity contribution in [2.24, 2.45) is 7.05 Å². The average molecular weight is 340 g/mol. The van der Waals surface area contributed by atoms with E-state index in [1.54, 1.807) is 0 Å². The first-order chi connectivity index (χ1) is 11.5. The normalized spacial score (nSPS) is 10.8. The first-order valence-corrected chi connectivity index (χ1v) is 8.59. The number of benzene rings is 1. The lowest BCUT2D eigenvalue weighted by Gasteiger charge is -2.05. The molecule has 124 valence electrons. The zero-order valence-electron chi connectivity index (χ0n) is 14.3. The molecule has 2 heterocycles. The van der Waals surface area contributed by atoms with Crippen molar-refractivity contribution in [1.29, 1.82) is 0 Å². The quantitative estimate of drug-likeness (QED) is 0.792. The molecule has 24 heavy (non-hydrogen) atoms. The van der Waals surface area contributed by atoms with E-state index in [2.05, 4.69) is 15.4 Å². The van der Waals surface area contributed by atoms with Gasteiger partial charge in [0, 0.05) is 30.4 Å². The number of carbonyl (C=O) groups is 1. The Bertz CT molecular complexity index is 880. The molecule has 3 rings (SSSR count). The molecule has 6 heteroatoms. The van der Waals surface area contributed by atoms with Gasteiger partial charge in [0.2, 0.25) is 0 Å². The lowest BCUT2D eigenvalue weighted by Crippen LogP contribution is -2.23. The summed E-state index contributed by atoms with van der Waals surface area (Å²) in [7, 11) is 1.91. The zero-order valence-corrected chi connectivity index (χ0v) is 15.1. The molecule has 3 aromatic rings. The number of nitrogens with zero attached hydrogens (tertiary/aromatic N) is 3. The number of thiazole rings is 1. The second kappa shape index (κ2) is 6.57. The topological polar surface area (TPSA) is 59.8 Å². The van der Waals surface area contributed by atoms with E-state index in [1.165, 1.54) is 11.3 Å². The molecule has 0 spiro atoms. The van der Waals surface area contributed by atoms with Crippen LogP contribution in [-0.2, 0) is 13.6 Å². The molecule has 0 aliphatic carbocycles. The van der Waals surface area contributed by atoms with E-state index in [-0.39, 0.29) is 5.91 Å². The van der Waals surface area contributed by atoms with E-state index in [1.807, 2.05) is 62.8 Å². The van der Waals surface area contributed by atoms with Crippen LogP contribution in [0.1, 0.15) is 32.3 Å². The summed E-state index contributed by atoms with van der Waals surface area (Å²) in [6.45, 7) is 6.31. The van der Waals surface area contributed by atoms with Gasteiger partial charge in [-0.25, -0.2) is 4.98 Å². The molecule has 0 fully saturated rings. The number of aryl methyl sites for hydroxylation is 3. The predicted molar refractivity (Wildman–Crippen MR) is 96.1 cm³/mol. The Labute approximate surface area is 145 Å². The molecule has 0 bridgehead atoms. The molecular formula is C18H20N4OS. The molecule has 0 radical (unpaired) electrons. The summed E-state index contributed by atoms with van der Waals surface area (Å²) in [6, 6.07) is 9.92. The zero-order chi connectivity index (χ0) is 17.3. The van der Waals surface area contributed by atoms with Crippen LogP contribution in [0.2, 0.25) is 0 Å². The minimum atomic E-state index is -0.0881. The second-order valence-electron chi connectivity index (χ2n) is 5.76. The van der Waals surface area contributed by atoms with Gasteiger partial charge in [0.05, 0.1) is 11.4 Å². The monoisotopic (exact) mass is 340 g/mol. The summed E-state index contributed by atoms with van der Waals surface area (Å²) in [5.74, 6) is -0.0881. The Hall–Kier alpha value is -2.47. The standard InChI is InChI=1S/C18H20N4OS/c1-11-15(13(3)22(4)21-11)10-19-17(23)16-12(2)20-18(24-16)14-8-6-5-7-9-14/h5-9H,10H2,1-4H3,(H,19,23). The third-order valence-electron chi connectivity index (χ3n) is 4.11. The second-order valence-corrected chi connectivity index (χ2v) is 6.75. The van der Waals surface area contributed by atoms with Crippen LogP contribution >= 0.6 is 11.3 Å². The maximum Gasteiger partial charge on any atom is 0.263 e. The molecule has 0 saturated heterocycles. The highest BCUT2D eigenvalue weighted by molar-refractivity contribution is 7.17. The highest BCUT2D eigenvalue weighted by Crippen LogP contribution is 2.27. The van der Waals surface area contributed by atoms with Crippen molar-refractivity contribution < 1.29 is 4.79 Å². The summed E-state index contributed by atoms with van der Waals surface area (Å²) in [5.41, 5.74) is 4.87. The number of carbonyl (C=O) groups excluding carboxylic acids is 1. The summed E-state index contributed by atoms with van der Waals surface area (Å²) in [4.78, 5) is 17.7. The molecule has 0 aliphatic heterocycles. The van der Waals surface area contributed by atoms with Gasteiger partial charge in [-0.2, -0.15) is 5.10 Å². The molecule has 1 aromatic carbocycles. The number of hydrogen-bond donors (Lipinski definition) is 1. The maximum absolute atomic E-state index is 12.5. The lowest BCUT2D eigenvalue weighted by atomic mass is 10.2. The van der Waals surface area contributed by atoms with Crippen molar-refractivity contribution in [1.82, 2.24) is 20.1 Å². The van der Waals surface area contributed by atoms with Crippen LogP contribution in [0.4, 0.5) is 0 Å². The molecule has 1 amide bonds. The Morgan fingerprint density at radius 1 is 1.17 bits per heavy atom. The van der Waals surface area contributed by atoms with Gasteiger partial charge in [0.1, 0.15) is 9.88 Å². The fourth-order valence-electron chi connectivity index (χ4n) is 2.63. The van der Waals surface area contributed by atoms with Crippen molar-refractivity contribution in [3.8, 4) is 10.6 Å². The first-order valence-electron chi connectivity index (χ1n) is 7.77. The van der Waals surface area contributed by atoms with Crippen molar-refractivity contribution >= 4 is 17.2 Å². The molecular weight excluding hydrogens is 320 g/mol. The molecule has 1 N–H and O–H groups in total. The van der Waals surface area contributed by atoms with Crippen LogP contribution in [0.15, 0.2) is 30.3 Å². The van der Waals surface area contributed by atoms with Gasteiger partial charge in [-0.15, -0.1) is 11.3 Å². The Balaban J connectivity index is 1.77. The summed E-state index contributed by atoms with van der Waals surface area (Å²) in [6.07, 6.45) is 0. The van der Waals surface area contributed by atoms with Gasteiger partial charge in [0.25, 0.3) is 5.91 Å². The van der Waals surface area contributed by atoms with Crippen LogP contribution in [0.25, 0.3) is 10.6 Å². The summed E-state index contributed by atoms with van der Waals surface area (Å²) >= 11 is 1.43. The fourth-order valence-corrected chi connectivity index (χ4v) is 3.62. The highest BCUT2D eigenvalue weighted by Gasteiger charge is 2.17. The highest BCUT2D eigenvalue weighted by atomic mass is 32.1. The van der Waals surface area contributed by atoms with Crippen LogP contribution in [0.3, 0.4) is 0 Å². The van der Waals surface area contributed by atoms with Crippen LogP contribution < -0.4 is 5.32 Å². The van der Waals surface area contributed by atoms with E-state index in [9.17, 15) is 4.79 Å². The number of nitrogens with one attached hydrogen (secondary N) is 1. The van der Waals surface area contributed by atoms with E-state index in [4.69, 9.17) is 0 Å². The van der Waals surface area contributed by atoms with E-state index < -0.39 is 0 Å². The van der Waals surface area contributed by atoms with E-state index in [0.29, 0.717) is 11.4 Å². The molecule has 0 atom stereocenters. The Kier molecular flexibility index (Phi) is 4.49. The van der Waals surface area contributed by atoms with Crippen molar-refractivity contribution in [2.45, 2.75) is 27.3 Å². The van der Waals surface area contributed by atoms with Gasteiger partial charge >= 0.3 is 0 Å². The summed E-state index contributed by atoms with van der Waals surface area (Å²) < 4.78 is 1.84. The third-order valence-corrected chi connectivity index (χ3v) is 5.31. The average Bonchev–Trinajstić information content (AvgIpc) is 3.07. The number of amides is 1. The van der Waals surface area contributed by atoms with Gasteiger partial charge in [-0.3, -0.25) is 9.48 Å². The van der Waals surface area contributed by atoms with Crippen LogP contribution in [-0.4, -0.2) is 20.7 Å². The van der Waals surface area contributed by atoms with Gasteiger partial charge < -0.3 is 5.32 Å². The van der Waals surface area contributed by atoms with Gasteiger partial charge in [-0.05, 0) is 20.8 Å².